The molecule has 0 aromatic carbocycles. The Kier molecular flexibility index (Phi) is 7.80. The molecule has 3 heterocycles. The first kappa shape index (κ1) is 21.9. The van der Waals surface area contributed by atoms with Crippen LogP contribution in [-0.2, 0) is 19.2 Å². The molecule has 0 spiro atoms. The molecule has 0 aromatic heterocycles. The Morgan fingerprint density at radius 2 is 1.86 bits per heavy atom. The van der Waals surface area contributed by atoms with Gasteiger partial charge in [0.1, 0.15) is 0 Å². The fraction of sp³-hybridized carbons (Fsp3) is 0.800. The van der Waals surface area contributed by atoms with E-state index in [9.17, 15) is 19.2 Å². The van der Waals surface area contributed by atoms with Gasteiger partial charge in [0.15, 0.2) is 0 Å². The number of unbranched alkanes of at least 4 members (excludes halogenated alkanes) is 4. The number of fused-ring (bicyclic) bond motifs is 1. The summed E-state index contributed by atoms with van der Waals surface area (Å²) in [6, 6.07) is 0.520. The van der Waals surface area contributed by atoms with Gasteiger partial charge in [0.2, 0.25) is 0 Å². The number of urea groups is 1. The van der Waals surface area contributed by atoms with Gasteiger partial charge in [-0.15, -0.1) is 5.06 Å². The predicted molar refractivity (Wildman–Crippen MR) is 109 cm³/mol. The first-order valence-electron chi connectivity index (χ1n) is 10.8. The molecule has 29 heavy (non-hydrogen) atoms. The van der Waals surface area contributed by atoms with Gasteiger partial charge in [0, 0.05) is 36.8 Å². The second kappa shape index (κ2) is 10.3. The highest BCUT2D eigenvalue weighted by Gasteiger charge is 2.47. The fourth-order valence-corrected chi connectivity index (χ4v) is 5.84. The Hall–Kier alpha value is -1.77. The molecule has 3 fully saturated rings. The molecule has 3 saturated heterocycles. The highest BCUT2D eigenvalue weighted by molar-refractivity contribution is 8.00. The van der Waals surface area contributed by atoms with Crippen molar-refractivity contribution in [2.45, 2.75) is 88.5 Å². The van der Waals surface area contributed by atoms with Crippen LogP contribution in [0.3, 0.4) is 0 Å². The van der Waals surface area contributed by atoms with E-state index in [1.165, 1.54) is 12.8 Å². The number of thioether (sulfide) groups is 1. The normalized spacial score (nSPS) is 26.2. The first-order chi connectivity index (χ1) is 14.0. The molecular formula is C20H31N3O5S. The van der Waals surface area contributed by atoms with E-state index in [1.54, 1.807) is 0 Å². The predicted octanol–water partition coefficient (Wildman–Crippen LogP) is 2.61. The van der Waals surface area contributed by atoms with E-state index >= 15 is 0 Å². The van der Waals surface area contributed by atoms with Crippen molar-refractivity contribution >= 4 is 35.6 Å². The average Bonchev–Trinajstić information content (AvgIpc) is 3.32. The number of carbonyl (C=O) groups excluding carboxylic acids is 4. The first-order valence-corrected chi connectivity index (χ1v) is 11.8. The maximum atomic E-state index is 12.3. The molecule has 8 nitrogen and oxygen atoms in total. The van der Waals surface area contributed by atoms with Crippen molar-refractivity contribution in [2.24, 2.45) is 0 Å². The van der Waals surface area contributed by atoms with Crippen LogP contribution in [0.4, 0.5) is 4.79 Å². The summed E-state index contributed by atoms with van der Waals surface area (Å²) in [6.45, 7) is 2.99. The summed E-state index contributed by atoms with van der Waals surface area (Å²) in [5.74, 6) is -0.502. The van der Waals surface area contributed by atoms with Crippen LogP contribution in [-0.4, -0.2) is 63.4 Å². The Balaban J connectivity index is 1.38. The fourth-order valence-electron chi connectivity index (χ4n) is 4.24. The Morgan fingerprint density at radius 3 is 2.59 bits per heavy atom. The second-order valence-electron chi connectivity index (χ2n) is 7.96. The van der Waals surface area contributed by atoms with Crippen LogP contribution in [0.15, 0.2) is 0 Å². The standard InChI is InChI=1S/C20H31N3O5S/c1-2-3-4-7-12-22-19-14(21-20(22)27)13-29-15(19)8-5-6-9-18(26)28-23-16(24)10-11-17(23)25/h14-15,19H,2-13H2,1H3,(H,21,27)/t14?,15-,19-/m0/s1. The number of rotatable bonds is 11. The summed E-state index contributed by atoms with van der Waals surface area (Å²) in [6.07, 6.45) is 7.39. The molecule has 1 unspecified atom stereocenters. The monoisotopic (exact) mass is 425 g/mol. The van der Waals surface area contributed by atoms with Crippen molar-refractivity contribution in [3.63, 3.8) is 0 Å². The van der Waals surface area contributed by atoms with Crippen LogP contribution in [0.25, 0.3) is 0 Å². The van der Waals surface area contributed by atoms with Crippen LogP contribution in [0.2, 0.25) is 0 Å². The summed E-state index contributed by atoms with van der Waals surface area (Å²) in [4.78, 5) is 54.1. The number of hydroxylamine groups is 2. The largest absolute Gasteiger partial charge is 0.333 e. The van der Waals surface area contributed by atoms with Gasteiger partial charge in [-0.05, 0) is 19.3 Å². The van der Waals surface area contributed by atoms with Crippen molar-refractivity contribution in [1.29, 1.82) is 0 Å². The topological polar surface area (TPSA) is 96.0 Å². The second-order valence-corrected chi connectivity index (χ2v) is 9.24. The van der Waals surface area contributed by atoms with Crippen LogP contribution in [0, 0.1) is 0 Å². The molecule has 3 aliphatic rings. The lowest BCUT2D eigenvalue weighted by atomic mass is 10.0. The SMILES string of the molecule is CCCCCCN1C(=O)NC2CS[C@@H](CCCCC(=O)ON3C(=O)CCC3=O)[C@H]21. The van der Waals surface area contributed by atoms with Gasteiger partial charge < -0.3 is 15.1 Å². The summed E-state index contributed by atoms with van der Waals surface area (Å²) < 4.78 is 0. The number of hydrogen-bond acceptors (Lipinski definition) is 6. The minimum Gasteiger partial charge on any atom is -0.332 e. The summed E-state index contributed by atoms with van der Waals surface area (Å²) in [7, 11) is 0. The minimum atomic E-state index is -0.541. The van der Waals surface area contributed by atoms with E-state index in [0.717, 1.165) is 38.0 Å². The molecule has 3 atom stereocenters. The zero-order chi connectivity index (χ0) is 20.8. The van der Waals surface area contributed by atoms with Crippen molar-refractivity contribution in [3.8, 4) is 0 Å². The van der Waals surface area contributed by atoms with Gasteiger partial charge >= 0.3 is 12.0 Å². The Labute approximate surface area is 176 Å². The van der Waals surface area contributed by atoms with Crippen molar-refractivity contribution in [3.05, 3.63) is 0 Å². The van der Waals surface area contributed by atoms with E-state index in [2.05, 4.69) is 12.2 Å². The summed E-state index contributed by atoms with van der Waals surface area (Å²) >= 11 is 1.90. The molecule has 9 heteroatoms. The van der Waals surface area contributed by atoms with Gasteiger partial charge in [-0.3, -0.25) is 9.59 Å². The molecule has 4 amide bonds. The zero-order valence-electron chi connectivity index (χ0n) is 17.1. The number of imide groups is 1. The van der Waals surface area contributed by atoms with E-state index in [4.69, 9.17) is 4.84 Å². The quantitative estimate of drug-likeness (QED) is 0.311. The summed E-state index contributed by atoms with van der Waals surface area (Å²) in [5.41, 5.74) is 0. The van der Waals surface area contributed by atoms with E-state index in [1.807, 2.05) is 16.7 Å². The third-order valence-electron chi connectivity index (χ3n) is 5.78. The molecular weight excluding hydrogens is 394 g/mol. The van der Waals surface area contributed by atoms with Crippen molar-refractivity contribution < 1.29 is 24.0 Å². The van der Waals surface area contributed by atoms with Gasteiger partial charge in [-0.1, -0.05) is 32.6 Å². The van der Waals surface area contributed by atoms with Gasteiger partial charge in [0.25, 0.3) is 11.8 Å². The molecule has 0 saturated carbocycles. The third kappa shape index (κ3) is 5.43. The molecule has 1 N–H and O–H groups in total. The van der Waals surface area contributed by atoms with Crippen LogP contribution in [0.1, 0.15) is 71.1 Å². The molecule has 0 aromatic rings. The maximum Gasteiger partial charge on any atom is 0.333 e. The lowest BCUT2D eigenvalue weighted by molar-refractivity contribution is -0.197. The van der Waals surface area contributed by atoms with Crippen molar-refractivity contribution in [2.75, 3.05) is 12.3 Å². The number of nitrogens with one attached hydrogen (secondary N) is 1. The van der Waals surface area contributed by atoms with E-state index < -0.39 is 17.8 Å². The number of nitrogens with zero attached hydrogens (tertiary/aromatic N) is 2. The van der Waals surface area contributed by atoms with Crippen molar-refractivity contribution in [1.82, 2.24) is 15.3 Å². The molecule has 3 rings (SSSR count). The summed E-state index contributed by atoms with van der Waals surface area (Å²) in [5, 5.41) is 4.10. The molecule has 0 bridgehead atoms. The Morgan fingerprint density at radius 1 is 1.10 bits per heavy atom. The molecule has 0 radical (unpaired) electrons. The zero-order valence-corrected chi connectivity index (χ0v) is 17.9. The van der Waals surface area contributed by atoms with Crippen LogP contribution < -0.4 is 5.32 Å². The number of carbonyl (C=O) groups is 4. The maximum absolute atomic E-state index is 12.3. The van der Waals surface area contributed by atoms with Gasteiger partial charge in [0.05, 0.1) is 12.1 Å². The van der Waals surface area contributed by atoms with Crippen LogP contribution >= 0.6 is 11.8 Å². The lowest BCUT2D eigenvalue weighted by Crippen LogP contribution is -2.41. The Bertz CT molecular complexity index is 628. The number of amides is 4. The smallest absolute Gasteiger partial charge is 0.332 e. The highest BCUT2D eigenvalue weighted by Crippen LogP contribution is 2.37. The minimum absolute atomic E-state index is 0.0605. The lowest BCUT2D eigenvalue weighted by Gasteiger charge is -2.27. The third-order valence-corrected chi connectivity index (χ3v) is 7.28. The van der Waals surface area contributed by atoms with Gasteiger partial charge in [-0.2, -0.15) is 11.8 Å². The molecule has 0 aliphatic carbocycles. The molecule has 162 valence electrons. The van der Waals surface area contributed by atoms with Gasteiger partial charge in [-0.25, -0.2) is 9.59 Å². The average molecular weight is 426 g/mol. The van der Waals surface area contributed by atoms with E-state index in [0.29, 0.717) is 16.7 Å². The molecule has 3 aliphatic heterocycles. The van der Waals surface area contributed by atoms with E-state index in [-0.39, 0.29) is 37.4 Å². The van der Waals surface area contributed by atoms with Crippen LogP contribution in [0.5, 0.6) is 0 Å². The highest BCUT2D eigenvalue weighted by atomic mass is 32.2. The number of hydrogen-bond donors (Lipinski definition) is 1.